The summed E-state index contributed by atoms with van der Waals surface area (Å²) in [6, 6.07) is 11.9. The van der Waals surface area contributed by atoms with E-state index in [-0.39, 0.29) is 23.7 Å². The lowest BCUT2D eigenvalue weighted by atomic mass is 9.87. The molecule has 0 aliphatic carbocycles. The number of carbonyl (C=O) groups is 2. The quantitative estimate of drug-likeness (QED) is 0.383. The van der Waals surface area contributed by atoms with Crippen molar-refractivity contribution in [2.45, 2.75) is 45.4 Å². The molecule has 1 aromatic heterocycles. The van der Waals surface area contributed by atoms with Gasteiger partial charge in [-0.15, -0.1) is 0 Å². The smallest absolute Gasteiger partial charge is 0.309 e. The molecule has 0 saturated carbocycles. The fourth-order valence-electron chi connectivity index (χ4n) is 4.89. The van der Waals surface area contributed by atoms with Crippen LogP contribution in [-0.2, 0) is 20.7 Å². The summed E-state index contributed by atoms with van der Waals surface area (Å²) >= 11 is 12.5. The molecule has 0 unspecified atom stereocenters. The molecule has 1 saturated heterocycles. The van der Waals surface area contributed by atoms with Gasteiger partial charge in [0.1, 0.15) is 0 Å². The summed E-state index contributed by atoms with van der Waals surface area (Å²) in [5, 5.41) is 2.08. The van der Waals surface area contributed by atoms with E-state index in [0.717, 1.165) is 28.5 Å². The van der Waals surface area contributed by atoms with E-state index in [1.165, 1.54) is 5.56 Å². The first-order chi connectivity index (χ1) is 16.4. The van der Waals surface area contributed by atoms with Crippen molar-refractivity contribution in [1.29, 1.82) is 0 Å². The molecule has 1 N–H and O–H groups in total. The lowest BCUT2D eigenvalue weighted by Crippen LogP contribution is -2.41. The van der Waals surface area contributed by atoms with Gasteiger partial charge in [0, 0.05) is 42.5 Å². The number of nitrogens with one attached hydrogen (secondary N) is 1. The number of nitrogens with zero attached hydrogens (tertiary/aromatic N) is 1. The minimum absolute atomic E-state index is 0.0689. The van der Waals surface area contributed by atoms with E-state index in [1.807, 2.05) is 30.2 Å². The molecule has 7 heteroatoms. The van der Waals surface area contributed by atoms with Crippen LogP contribution >= 0.6 is 23.2 Å². The number of carbonyl (C=O) groups excluding carboxylic acids is 2. The number of piperidine rings is 1. The summed E-state index contributed by atoms with van der Waals surface area (Å²) in [5.41, 5.74) is 4.36. The number of aromatic amines is 1. The van der Waals surface area contributed by atoms with Gasteiger partial charge in [0.25, 0.3) is 0 Å². The average Bonchev–Trinajstić information content (AvgIpc) is 3.28. The van der Waals surface area contributed by atoms with Gasteiger partial charge in [-0.3, -0.25) is 9.59 Å². The number of H-pyrrole nitrogens is 1. The first-order valence-electron chi connectivity index (χ1n) is 11.9. The van der Waals surface area contributed by atoms with Crippen LogP contribution in [0.1, 0.15) is 55.7 Å². The van der Waals surface area contributed by atoms with Gasteiger partial charge in [-0.1, -0.05) is 54.4 Å². The Balaban J connectivity index is 1.61. The second kappa shape index (κ2) is 10.8. The Morgan fingerprint density at radius 3 is 2.56 bits per heavy atom. The van der Waals surface area contributed by atoms with Crippen molar-refractivity contribution in [2.75, 3.05) is 19.7 Å². The number of esters is 1. The Hall–Kier alpha value is -2.50. The van der Waals surface area contributed by atoms with E-state index in [2.05, 4.69) is 30.1 Å². The summed E-state index contributed by atoms with van der Waals surface area (Å²) < 4.78 is 5.16. The maximum Gasteiger partial charge on any atom is 0.309 e. The summed E-state index contributed by atoms with van der Waals surface area (Å²) in [6.07, 6.45) is 4.51. The van der Waals surface area contributed by atoms with Gasteiger partial charge in [0.2, 0.25) is 5.91 Å². The Morgan fingerprint density at radius 1 is 1.12 bits per heavy atom. The number of hydrogen-bond donors (Lipinski definition) is 1. The number of amides is 1. The van der Waals surface area contributed by atoms with Gasteiger partial charge in [0.15, 0.2) is 0 Å². The highest BCUT2D eigenvalue weighted by atomic mass is 35.5. The topological polar surface area (TPSA) is 62.4 Å². The molecule has 0 radical (unpaired) electrons. The highest BCUT2D eigenvalue weighted by Gasteiger charge is 2.30. The fourth-order valence-corrected chi connectivity index (χ4v) is 5.19. The molecule has 1 fully saturated rings. The second-order valence-corrected chi connectivity index (χ2v) is 9.59. The molecule has 1 atom stereocenters. The normalized spacial score (nSPS) is 15.5. The van der Waals surface area contributed by atoms with Crippen LogP contribution in [0.4, 0.5) is 0 Å². The number of halogens is 2. The van der Waals surface area contributed by atoms with Crippen molar-refractivity contribution in [3.63, 3.8) is 0 Å². The zero-order valence-corrected chi connectivity index (χ0v) is 21.1. The summed E-state index contributed by atoms with van der Waals surface area (Å²) in [6.45, 7) is 5.45. The van der Waals surface area contributed by atoms with Crippen molar-refractivity contribution in [3.8, 4) is 0 Å². The highest BCUT2D eigenvalue weighted by molar-refractivity contribution is 6.42. The van der Waals surface area contributed by atoms with Crippen LogP contribution in [0, 0.1) is 5.92 Å². The molecule has 5 nitrogen and oxygen atoms in total. The molecule has 0 bridgehead atoms. The van der Waals surface area contributed by atoms with Crippen LogP contribution in [0.25, 0.3) is 10.9 Å². The Bertz CT molecular complexity index is 1180. The van der Waals surface area contributed by atoms with E-state index >= 15 is 0 Å². The molecule has 1 aliphatic rings. The number of aryl methyl sites for hydroxylation is 1. The highest BCUT2D eigenvalue weighted by Crippen LogP contribution is 2.37. The summed E-state index contributed by atoms with van der Waals surface area (Å²) in [4.78, 5) is 30.8. The lowest BCUT2D eigenvalue weighted by Gasteiger charge is -2.32. The molecular weight excluding hydrogens is 471 g/mol. The minimum Gasteiger partial charge on any atom is -0.466 e. The van der Waals surface area contributed by atoms with Gasteiger partial charge < -0.3 is 14.6 Å². The molecule has 2 aromatic carbocycles. The molecular formula is C27H30Cl2N2O3. The SMILES string of the molecule is CCOC(=O)C1CCN(C(=O)C[C@@H](c2ccc(Cl)c(Cl)c2)c2c[nH]c3c(CC)cccc23)CC1. The molecule has 2 heterocycles. The Morgan fingerprint density at radius 2 is 1.88 bits per heavy atom. The van der Waals surface area contributed by atoms with Crippen molar-refractivity contribution < 1.29 is 14.3 Å². The molecule has 4 rings (SSSR count). The van der Waals surface area contributed by atoms with Crippen LogP contribution in [-0.4, -0.2) is 41.5 Å². The third-order valence-corrected chi connectivity index (χ3v) is 7.52. The number of ether oxygens (including phenoxy) is 1. The van der Waals surface area contributed by atoms with Gasteiger partial charge in [-0.25, -0.2) is 0 Å². The van der Waals surface area contributed by atoms with E-state index in [0.29, 0.717) is 49.0 Å². The van der Waals surface area contributed by atoms with Gasteiger partial charge in [-0.2, -0.15) is 0 Å². The largest absolute Gasteiger partial charge is 0.466 e. The molecule has 1 aliphatic heterocycles. The number of para-hydroxylation sites is 1. The number of fused-ring (bicyclic) bond motifs is 1. The number of rotatable bonds is 7. The number of aromatic nitrogens is 1. The molecule has 0 spiro atoms. The molecule has 3 aromatic rings. The zero-order valence-electron chi connectivity index (χ0n) is 19.6. The first-order valence-corrected chi connectivity index (χ1v) is 12.7. The van der Waals surface area contributed by atoms with Crippen molar-refractivity contribution >= 4 is 46.0 Å². The van der Waals surface area contributed by atoms with E-state index in [9.17, 15) is 9.59 Å². The van der Waals surface area contributed by atoms with Gasteiger partial charge in [-0.05, 0) is 55.0 Å². The number of likely N-dealkylation sites (tertiary alicyclic amines) is 1. The molecule has 1 amide bonds. The first kappa shape index (κ1) is 24.6. The van der Waals surface area contributed by atoms with Gasteiger partial charge in [0.05, 0.1) is 22.6 Å². The van der Waals surface area contributed by atoms with E-state index in [1.54, 1.807) is 6.07 Å². The third-order valence-electron chi connectivity index (χ3n) is 6.78. The van der Waals surface area contributed by atoms with Crippen LogP contribution in [0.3, 0.4) is 0 Å². The zero-order chi connectivity index (χ0) is 24.2. The maximum absolute atomic E-state index is 13.4. The third kappa shape index (κ3) is 5.11. The van der Waals surface area contributed by atoms with Crippen LogP contribution in [0.5, 0.6) is 0 Å². The van der Waals surface area contributed by atoms with Gasteiger partial charge >= 0.3 is 5.97 Å². The van der Waals surface area contributed by atoms with Crippen LogP contribution < -0.4 is 0 Å². The van der Waals surface area contributed by atoms with Crippen molar-refractivity contribution in [2.24, 2.45) is 5.92 Å². The van der Waals surface area contributed by atoms with Crippen LogP contribution in [0.2, 0.25) is 10.0 Å². The Labute approximate surface area is 210 Å². The number of hydrogen-bond acceptors (Lipinski definition) is 3. The number of benzene rings is 2. The summed E-state index contributed by atoms with van der Waals surface area (Å²) in [7, 11) is 0. The van der Waals surface area contributed by atoms with E-state index in [4.69, 9.17) is 27.9 Å². The predicted molar refractivity (Wildman–Crippen MR) is 137 cm³/mol. The molecule has 34 heavy (non-hydrogen) atoms. The fraction of sp³-hybridized carbons (Fsp3) is 0.407. The van der Waals surface area contributed by atoms with E-state index < -0.39 is 0 Å². The minimum atomic E-state index is -0.175. The average molecular weight is 501 g/mol. The lowest BCUT2D eigenvalue weighted by molar-refractivity contribution is -0.151. The van der Waals surface area contributed by atoms with Crippen molar-refractivity contribution in [1.82, 2.24) is 9.88 Å². The standard InChI is InChI=1S/C27H30Cl2N2O3/c1-3-17-6-5-7-20-22(16-30-26(17)20)21(19-8-9-23(28)24(29)14-19)15-25(32)31-12-10-18(11-13-31)27(33)34-4-2/h5-9,14,16,18,21,30H,3-4,10-13,15H2,1-2H3/t21-/m0/s1. The second-order valence-electron chi connectivity index (χ2n) is 8.77. The maximum atomic E-state index is 13.4. The molecule has 180 valence electrons. The monoisotopic (exact) mass is 500 g/mol. The van der Waals surface area contributed by atoms with Crippen LogP contribution in [0.15, 0.2) is 42.6 Å². The summed E-state index contributed by atoms with van der Waals surface area (Å²) in [5.74, 6) is -0.393. The Kier molecular flexibility index (Phi) is 7.84. The van der Waals surface area contributed by atoms with Crippen molar-refractivity contribution in [3.05, 3.63) is 69.3 Å². The predicted octanol–water partition coefficient (Wildman–Crippen LogP) is 6.36.